The zero-order chi connectivity index (χ0) is 24.0. The fourth-order valence-electron chi connectivity index (χ4n) is 3.38. The lowest BCUT2D eigenvalue weighted by Crippen LogP contribution is -2.50. The van der Waals surface area contributed by atoms with Gasteiger partial charge in [-0.3, -0.25) is 9.78 Å². The first-order valence-corrected chi connectivity index (χ1v) is 10.3. The number of benzene rings is 1. The number of hydrogen-bond donors (Lipinski definition) is 3. The molecule has 8 nitrogen and oxygen atoms in total. The van der Waals surface area contributed by atoms with Crippen molar-refractivity contribution in [3.05, 3.63) is 47.8 Å². The minimum atomic E-state index is -5.08. The summed E-state index contributed by atoms with van der Waals surface area (Å²) in [5.74, 6) is -1.94. The van der Waals surface area contributed by atoms with Crippen LogP contribution in [0, 0.1) is 0 Å². The van der Waals surface area contributed by atoms with Crippen LogP contribution in [-0.4, -0.2) is 66.6 Å². The molecule has 2 aliphatic heterocycles. The second-order valence-corrected chi connectivity index (χ2v) is 7.56. The molecule has 178 valence electrons. The van der Waals surface area contributed by atoms with Crippen LogP contribution in [0.4, 0.5) is 13.2 Å². The monoisotopic (exact) mass is 467 g/mol. The third kappa shape index (κ3) is 6.65. The summed E-state index contributed by atoms with van der Waals surface area (Å²) in [4.78, 5) is 25.8. The van der Waals surface area contributed by atoms with Gasteiger partial charge in [0, 0.05) is 37.5 Å². The zero-order valence-electron chi connectivity index (χ0n) is 17.8. The maximum Gasteiger partial charge on any atom is 0.490 e. The Morgan fingerprint density at radius 3 is 2.64 bits per heavy atom. The van der Waals surface area contributed by atoms with E-state index in [-0.39, 0.29) is 18.1 Å². The summed E-state index contributed by atoms with van der Waals surface area (Å²) < 4.78 is 43.0. The summed E-state index contributed by atoms with van der Waals surface area (Å²) in [5, 5.41) is 13.4. The van der Waals surface area contributed by atoms with Crippen molar-refractivity contribution in [3.63, 3.8) is 0 Å². The van der Waals surface area contributed by atoms with Gasteiger partial charge >= 0.3 is 12.1 Å². The first-order chi connectivity index (χ1) is 15.6. The van der Waals surface area contributed by atoms with E-state index >= 15 is 0 Å². The standard InChI is InChI=1S/C20H23N3O3.C2HF3O2/c1-13(19-12-21-5-7-26-19)23-20(24)17-9-16(10-22-11-17)14-2-3-18-15(8-14)4-6-25-18;3-2(4,5)1(6)7/h2-3,8-11,13,19,21H,4-7,12H2,1H3,(H,23,24);(H,6,7). The molecule has 1 fully saturated rings. The summed E-state index contributed by atoms with van der Waals surface area (Å²) in [6.45, 7) is 4.97. The lowest BCUT2D eigenvalue weighted by molar-refractivity contribution is -0.192. The van der Waals surface area contributed by atoms with Crippen LogP contribution in [0.3, 0.4) is 0 Å². The fraction of sp³-hybridized carbons (Fsp3) is 0.409. The van der Waals surface area contributed by atoms with Gasteiger partial charge in [-0.05, 0) is 36.2 Å². The number of halogens is 3. The number of carboxylic acid groups (broad SMARTS) is 1. The van der Waals surface area contributed by atoms with Gasteiger partial charge in [-0.1, -0.05) is 6.07 Å². The normalized spacial score (nSPS) is 18.2. The van der Waals surface area contributed by atoms with E-state index in [9.17, 15) is 18.0 Å². The molecular formula is C22H24F3N3O5. The number of aromatic nitrogens is 1. The third-order valence-corrected chi connectivity index (χ3v) is 5.14. The van der Waals surface area contributed by atoms with E-state index in [1.165, 1.54) is 5.56 Å². The minimum Gasteiger partial charge on any atom is -0.493 e. The first kappa shape index (κ1) is 24.5. The highest BCUT2D eigenvalue weighted by atomic mass is 19.4. The number of rotatable bonds is 4. The molecule has 11 heteroatoms. The smallest absolute Gasteiger partial charge is 0.490 e. The Labute approximate surface area is 188 Å². The van der Waals surface area contributed by atoms with Crippen molar-refractivity contribution in [3.8, 4) is 16.9 Å². The molecule has 0 spiro atoms. The van der Waals surface area contributed by atoms with Crippen molar-refractivity contribution < 1.29 is 37.3 Å². The van der Waals surface area contributed by atoms with Gasteiger partial charge in [-0.25, -0.2) is 4.79 Å². The highest BCUT2D eigenvalue weighted by molar-refractivity contribution is 5.95. The third-order valence-electron chi connectivity index (χ3n) is 5.14. The Morgan fingerprint density at radius 2 is 1.97 bits per heavy atom. The van der Waals surface area contributed by atoms with Crippen LogP contribution in [0.5, 0.6) is 5.75 Å². The number of alkyl halides is 3. The van der Waals surface area contributed by atoms with E-state index in [1.807, 2.05) is 25.1 Å². The topological polar surface area (TPSA) is 110 Å². The van der Waals surface area contributed by atoms with E-state index in [4.69, 9.17) is 19.4 Å². The van der Waals surface area contributed by atoms with E-state index in [2.05, 4.69) is 21.7 Å². The number of carbonyl (C=O) groups excluding carboxylic acids is 1. The molecule has 3 N–H and O–H groups in total. The number of carbonyl (C=O) groups is 2. The molecule has 0 radical (unpaired) electrons. The predicted octanol–water partition coefficient (Wildman–Crippen LogP) is 2.42. The van der Waals surface area contributed by atoms with Crippen LogP contribution in [0.2, 0.25) is 0 Å². The predicted molar refractivity (Wildman–Crippen MR) is 112 cm³/mol. The van der Waals surface area contributed by atoms with Gasteiger partial charge in [-0.2, -0.15) is 13.2 Å². The number of nitrogens with zero attached hydrogens (tertiary/aromatic N) is 1. The van der Waals surface area contributed by atoms with Crippen LogP contribution in [-0.2, 0) is 16.0 Å². The van der Waals surface area contributed by atoms with Crippen molar-refractivity contribution in [1.82, 2.24) is 15.6 Å². The molecule has 1 aromatic heterocycles. The molecule has 0 saturated carbocycles. The van der Waals surface area contributed by atoms with Crippen LogP contribution < -0.4 is 15.4 Å². The largest absolute Gasteiger partial charge is 0.493 e. The number of pyridine rings is 1. The average Bonchev–Trinajstić information content (AvgIpc) is 3.27. The van der Waals surface area contributed by atoms with Crippen molar-refractivity contribution >= 4 is 11.9 Å². The van der Waals surface area contributed by atoms with Crippen LogP contribution in [0.25, 0.3) is 11.1 Å². The Morgan fingerprint density at radius 1 is 1.21 bits per heavy atom. The van der Waals surface area contributed by atoms with Gasteiger partial charge in [0.1, 0.15) is 5.75 Å². The Bertz CT molecular complexity index is 993. The maximum atomic E-state index is 12.6. The van der Waals surface area contributed by atoms with E-state index in [0.29, 0.717) is 12.2 Å². The van der Waals surface area contributed by atoms with Gasteiger partial charge in [0.15, 0.2) is 0 Å². The minimum absolute atomic E-state index is 0.0134. The fourth-order valence-corrected chi connectivity index (χ4v) is 3.38. The SMILES string of the molecule is CC(NC(=O)c1cncc(-c2ccc3c(c2)CCO3)c1)C1CNCCO1.O=C(O)C(F)(F)F. The summed E-state index contributed by atoms with van der Waals surface area (Å²) in [5.41, 5.74) is 3.72. The van der Waals surface area contributed by atoms with Gasteiger partial charge in [0.25, 0.3) is 5.91 Å². The molecule has 0 aliphatic carbocycles. The number of nitrogens with one attached hydrogen (secondary N) is 2. The molecule has 2 aliphatic rings. The molecule has 1 aromatic carbocycles. The van der Waals surface area contributed by atoms with E-state index in [0.717, 1.165) is 43.0 Å². The number of amides is 1. The molecule has 4 rings (SSSR count). The zero-order valence-corrected chi connectivity index (χ0v) is 17.8. The molecule has 1 amide bonds. The molecule has 2 atom stereocenters. The average molecular weight is 467 g/mol. The lowest BCUT2D eigenvalue weighted by atomic mass is 10.0. The maximum absolute atomic E-state index is 12.6. The quantitative estimate of drug-likeness (QED) is 0.634. The van der Waals surface area contributed by atoms with E-state index < -0.39 is 12.1 Å². The van der Waals surface area contributed by atoms with Crippen molar-refractivity contribution in [2.24, 2.45) is 0 Å². The molecule has 0 bridgehead atoms. The van der Waals surface area contributed by atoms with Gasteiger partial charge < -0.3 is 25.2 Å². The highest BCUT2D eigenvalue weighted by Crippen LogP contribution is 2.30. The van der Waals surface area contributed by atoms with Crippen LogP contribution >= 0.6 is 0 Å². The number of fused-ring (bicyclic) bond motifs is 1. The molecule has 2 aromatic rings. The summed E-state index contributed by atoms with van der Waals surface area (Å²) in [6, 6.07) is 7.92. The van der Waals surface area contributed by atoms with Crippen molar-refractivity contribution in [2.75, 3.05) is 26.3 Å². The Hall–Kier alpha value is -3.18. The number of aliphatic carboxylic acids is 1. The van der Waals surface area contributed by atoms with Gasteiger partial charge in [-0.15, -0.1) is 0 Å². The number of morpholine rings is 1. The van der Waals surface area contributed by atoms with Gasteiger partial charge in [0.05, 0.1) is 30.9 Å². The second kappa shape index (κ2) is 10.6. The van der Waals surface area contributed by atoms with Crippen LogP contribution in [0.1, 0.15) is 22.8 Å². The summed E-state index contributed by atoms with van der Waals surface area (Å²) in [6.07, 6.45) is -0.793. The Balaban J connectivity index is 0.000000383. The first-order valence-electron chi connectivity index (χ1n) is 10.3. The molecular weight excluding hydrogens is 443 g/mol. The second-order valence-electron chi connectivity index (χ2n) is 7.56. The molecule has 33 heavy (non-hydrogen) atoms. The van der Waals surface area contributed by atoms with Gasteiger partial charge in [0.2, 0.25) is 0 Å². The Kier molecular flexibility index (Phi) is 7.88. The lowest BCUT2D eigenvalue weighted by Gasteiger charge is -2.29. The summed E-state index contributed by atoms with van der Waals surface area (Å²) in [7, 11) is 0. The van der Waals surface area contributed by atoms with Crippen LogP contribution in [0.15, 0.2) is 36.7 Å². The van der Waals surface area contributed by atoms with Crippen molar-refractivity contribution in [2.45, 2.75) is 31.7 Å². The molecule has 3 heterocycles. The molecule has 2 unspecified atom stereocenters. The number of carboxylic acids is 1. The number of ether oxygens (including phenoxy) is 2. The summed E-state index contributed by atoms with van der Waals surface area (Å²) >= 11 is 0. The highest BCUT2D eigenvalue weighted by Gasteiger charge is 2.38. The van der Waals surface area contributed by atoms with E-state index in [1.54, 1.807) is 12.4 Å². The number of hydrogen-bond acceptors (Lipinski definition) is 6. The molecule has 1 saturated heterocycles. The van der Waals surface area contributed by atoms with Crippen molar-refractivity contribution in [1.29, 1.82) is 0 Å².